The van der Waals surface area contributed by atoms with Gasteiger partial charge in [0.05, 0.1) is 5.69 Å². The number of aryl methyl sites for hydroxylation is 2. The molecule has 0 aliphatic rings. The van der Waals surface area contributed by atoms with Gasteiger partial charge < -0.3 is 5.32 Å². The Morgan fingerprint density at radius 3 is 2.70 bits per heavy atom. The molecule has 0 spiro atoms. The molecule has 110 valence electrons. The first kappa shape index (κ1) is 15.0. The van der Waals surface area contributed by atoms with Crippen molar-refractivity contribution < 1.29 is 0 Å². The van der Waals surface area contributed by atoms with Gasteiger partial charge in [0.25, 0.3) is 0 Å². The van der Waals surface area contributed by atoms with Crippen molar-refractivity contribution in [2.24, 2.45) is 18.4 Å². The molecule has 0 bridgehead atoms. The van der Waals surface area contributed by atoms with Gasteiger partial charge in [-0.3, -0.25) is 4.68 Å². The van der Waals surface area contributed by atoms with Gasteiger partial charge in [0.1, 0.15) is 0 Å². The highest BCUT2D eigenvalue weighted by Crippen LogP contribution is 2.25. The Bertz CT molecular complexity index is 596. The monoisotopic (exact) mass is 274 g/mol. The maximum Gasteiger partial charge on any atom is 0.157 e. The first-order chi connectivity index (χ1) is 9.31. The zero-order chi connectivity index (χ0) is 14.9. The lowest BCUT2D eigenvalue weighted by atomic mass is 9.81. The van der Waals surface area contributed by atoms with Gasteiger partial charge in [-0.05, 0) is 29.9 Å². The largest absolute Gasteiger partial charge is 0.312 e. The summed E-state index contributed by atoms with van der Waals surface area (Å²) in [5, 5.41) is 9.10. The van der Waals surface area contributed by atoms with Crippen molar-refractivity contribution in [3.63, 3.8) is 0 Å². The van der Waals surface area contributed by atoms with E-state index in [9.17, 15) is 0 Å². The number of pyridine rings is 1. The van der Waals surface area contributed by atoms with Crippen LogP contribution in [-0.2, 0) is 13.6 Å². The smallest absolute Gasteiger partial charge is 0.157 e. The molecular formula is C16H26N4. The minimum atomic E-state index is 0.307. The summed E-state index contributed by atoms with van der Waals surface area (Å²) in [6, 6.07) is 2.19. The van der Waals surface area contributed by atoms with Gasteiger partial charge in [0, 0.05) is 31.7 Å². The second-order valence-electron chi connectivity index (χ2n) is 6.67. The van der Waals surface area contributed by atoms with Crippen LogP contribution < -0.4 is 5.32 Å². The fourth-order valence-electron chi connectivity index (χ4n) is 2.18. The molecule has 4 nitrogen and oxygen atoms in total. The molecule has 4 heteroatoms. The Morgan fingerprint density at radius 2 is 2.05 bits per heavy atom. The van der Waals surface area contributed by atoms with Crippen LogP contribution in [-0.4, -0.2) is 21.3 Å². The van der Waals surface area contributed by atoms with E-state index >= 15 is 0 Å². The van der Waals surface area contributed by atoms with Gasteiger partial charge in [0.2, 0.25) is 0 Å². The lowest BCUT2D eigenvalue weighted by molar-refractivity contribution is 0.238. The summed E-state index contributed by atoms with van der Waals surface area (Å²) in [6.07, 6.45) is 1.94. The summed E-state index contributed by atoms with van der Waals surface area (Å²) in [7, 11) is 1.94. The Labute approximate surface area is 121 Å². The first-order valence-electron chi connectivity index (χ1n) is 7.30. The average Bonchev–Trinajstić information content (AvgIpc) is 2.64. The molecule has 2 aromatic rings. The van der Waals surface area contributed by atoms with Crippen molar-refractivity contribution in [2.75, 3.05) is 6.54 Å². The van der Waals surface area contributed by atoms with E-state index in [4.69, 9.17) is 0 Å². The van der Waals surface area contributed by atoms with Crippen LogP contribution in [0.3, 0.4) is 0 Å². The molecule has 0 aliphatic heterocycles. The van der Waals surface area contributed by atoms with Crippen LogP contribution in [0.25, 0.3) is 11.0 Å². The maximum absolute atomic E-state index is 4.51. The van der Waals surface area contributed by atoms with E-state index in [2.05, 4.69) is 49.2 Å². The topological polar surface area (TPSA) is 42.7 Å². The molecule has 0 radical (unpaired) electrons. The fraction of sp³-hybridized carbons (Fsp3) is 0.625. The molecule has 0 saturated heterocycles. The number of nitrogens with one attached hydrogen (secondary N) is 1. The Morgan fingerprint density at radius 1 is 1.35 bits per heavy atom. The predicted octanol–water partition coefficient (Wildman–Crippen LogP) is 3.05. The number of hydrogen-bond donors (Lipinski definition) is 1. The molecule has 0 aromatic carbocycles. The van der Waals surface area contributed by atoms with Crippen molar-refractivity contribution in [1.82, 2.24) is 20.1 Å². The van der Waals surface area contributed by atoms with E-state index in [0.717, 1.165) is 29.8 Å². The van der Waals surface area contributed by atoms with Crippen molar-refractivity contribution in [3.8, 4) is 0 Å². The molecule has 2 aromatic heterocycles. The van der Waals surface area contributed by atoms with Crippen LogP contribution in [0.15, 0.2) is 12.3 Å². The lowest BCUT2D eigenvalue weighted by Gasteiger charge is -2.29. The molecular weight excluding hydrogens is 248 g/mol. The van der Waals surface area contributed by atoms with Crippen molar-refractivity contribution >= 4 is 11.0 Å². The Hall–Kier alpha value is -1.42. The van der Waals surface area contributed by atoms with E-state index in [-0.39, 0.29) is 0 Å². The van der Waals surface area contributed by atoms with Gasteiger partial charge in [-0.15, -0.1) is 0 Å². The molecule has 2 heterocycles. The van der Waals surface area contributed by atoms with Crippen LogP contribution in [0.4, 0.5) is 0 Å². The highest BCUT2D eigenvalue weighted by molar-refractivity contribution is 5.78. The molecule has 0 saturated carbocycles. The highest BCUT2D eigenvalue weighted by Gasteiger charge is 2.21. The molecule has 0 fully saturated rings. The minimum Gasteiger partial charge on any atom is -0.312 e. The SMILES string of the molecule is Cc1nn(C)c2ncc(CNCC(C)(C)C(C)C)cc12. The van der Waals surface area contributed by atoms with Crippen LogP contribution in [0.5, 0.6) is 0 Å². The highest BCUT2D eigenvalue weighted by atomic mass is 15.3. The van der Waals surface area contributed by atoms with Gasteiger partial charge >= 0.3 is 0 Å². The summed E-state index contributed by atoms with van der Waals surface area (Å²) in [5.74, 6) is 0.663. The third-order valence-corrected chi connectivity index (χ3v) is 4.39. The van der Waals surface area contributed by atoms with Crippen LogP contribution in [0.2, 0.25) is 0 Å². The zero-order valence-corrected chi connectivity index (χ0v) is 13.5. The van der Waals surface area contributed by atoms with Gasteiger partial charge in [0.15, 0.2) is 5.65 Å². The van der Waals surface area contributed by atoms with Crippen LogP contribution >= 0.6 is 0 Å². The zero-order valence-electron chi connectivity index (χ0n) is 13.5. The average molecular weight is 274 g/mol. The standard InChI is InChI=1S/C16H26N4/c1-11(2)16(4,5)10-17-8-13-7-14-12(3)19-20(6)15(14)18-9-13/h7,9,11,17H,8,10H2,1-6H3. The van der Waals surface area contributed by atoms with E-state index in [1.54, 1.807) is 0 Å². The molecule has 0 unspecified atom stereocenters. The number of hydrogen-bond acceptors (Lipinski definition) is 3. The van der Waals surface area contributed by atoms with E-state index in [1.807, 2.05) is 24.9 Å². The summed E-state index contributed by atoms with van der Waals surface area (Å²) in [4.78, 5) is 4.51. The van der Waals surface area contributed by atoms with Crippen molar-refractivity contribution in [2.45, 2.75) is 41.2 Å². The number of aromatic nitrogens is 3. The molecule has 20 heavy (non-hydrogen) atoms. The van der Waals surface area contributed by atoms with E-state index in [0.29, 0.717) is 11.3 Å². The fourth-order valence-corrected chi connectivity index (χ4v) is 2.18. The second kappa shape index (κ2) is 5.52. The summed E-state index contributed by atoms with van der Waals surface area (Å²) >= 11 is 0. The van der Waals surface area contributed by atoms with Gasteiger partial charge in [-0.25, -0.2) is 4.98 Å². The van der Waals surface area contributed by atoms with Gasteiger partial charge in [-0.2, -0.15) is 5.10 Å². The third-order valence-electron chi connectivity index (χ3n) is 4.39. The lowest BCUT2D eigenvalue weighted by Crippen LogP contribution is -2.33. The summed E-state index contributed by atoms with van der Waals surface area (Å²) < 4.78 is 1.84. The van der Waals surface area contributed by atoms with E-state index in [1.165, 1.54) is 5.56 Å². The van der Waals surface area contributed by atoms with Gasteiger partial charge in [-0.1, -0.05) is 27.7 Å². The number of rotatable bonds is 5. The first-order valence-corrected chi connectivity index (χ1v) is 7.30. The van der Waals surface area contributed by atoms with Crippen LogP contribution in [0, 0.1) is 18.3 Å². The Kier molecular flexibility index (Phi) is 4.14. The Balaban J connectivity index is 2.06. The minimum absolute atomic E-state index is 0.307. The van der Waals surface area contributed by atoms with Crippen LogP contribution in [0.1, 0.15) is 39.0 Å². The molecule has 2 rings (SSSR count). The quantitative estimate of drug-likeness (QED) is 0.911. The summed E-state index contributed by atoms with van der Waals surface area (Å²) in [6.45, 7) is 13.0. The molecule has 0 aliphatic carbocycles. The predicted molar refractivity (Wildman–Crippen MR) is 83.6 cm³/mol. The number of fused-ring (bicyclic) bond motifs is 1. The van der Waals surface area contributed by atoms with E-state index < -0.39 is 0 Å². The molecule has 1 N–H and O–H groups in total. The molecule has 0 amide bonds. The normalized spacial score (nSPS) is 12.6. The maximum atomic E-state index is 4.51. The van der Waals surface area contributed by atoms with Crippen molar-refractivity contribution in [1.29, 1.82) is 0 Å². The second-order valence-corrected chi connectivity index (χ2v) is 6.67. The summed E-state index contributed by atoms with van der Waals surface area (Å²) in [5.41, 5.74) is 3.52. The number of nitrogens with zero attached hydrogens (tertiary/aromatic N) is 3. The molecule has 0 atom stereocenters. The third kappa shape index (κ3) is 3.01. The van der Waals surface area contributed by atoms with Crippen molar-refractivity contribution in [3.05, 3.63) is 23.5 Å².